The van der Waals surface area contributed by atoms with E-state index < -0.39 is 6.10 Å². The zero-order valence-electron chi connectivity index (χ0n) is 13.1. The molecule has 120 valence electrons. The highest BCUT2D eigenvalue weighted by Gasteiger charge is 2.13. The van der Waals surface area contributed by atoms with Crippen molar-refractivity contribution < 1.29 is 5.11 Å². The molecule has 4 nitrogen and oxygen atoms in total. The van der Waals surface area contributed by atoms with E-state index in [4.69, 9.17) is 11.6 Å². The fourth-order valence-corrected chi connectivity index (χ4v) is 2.88. The van der Waals surface area contributed by atoms with Gasteiger partial charge in [-0.05, 0) is 36.2 Å². The van der Waals surface area contributed by atoms with Crippen molar-refractivity contribution in [3.8, 4) is 6.07 Å². The van der Waals surface area contributed by atoms with Crippen LogP contribution in [0.1, 0.15) is 22.8 Å². The molecule has 0 radical (unpaired) electrons. The molecule has 3 rings (SSSR count). The highest BCUT2D eigenvalue weighted by atomic mass is 35.5. The highest BCUT2D eigenvalue weighted by molar-refractivity contribution is 6.31. The molecule has 0 amide bonds. The van der Waals surface area contributed by atoms with E-state index in [1.165, 1.54) is 6.20 Å². The van der Waals surface area contributed by atoms with Gasteiger partial charge in [0.2, 0.25) is 0 Å². The Labute approximate surface area is 145 Å². The third-order valence-corrected chi connectivity index (χ3v) is 4.21. The number of aliphatic hydroxyl groups is 1. The van der Waals surface area contributed by atoms with Gasteiger partial charge in [-0.2, -0.15) is 5.26 Å². The smallest absolute Gasteiger partial charge is 0.103 e. The molecule has 2 aromatic carbocycles. The maximum atomic E-state index is 10.5. The first-order valence-corrected chi connectivity index (χ1v) is 7.94. The molecule has 1 heterocycles. The largest absolute Gasteiger partial charge is 0.387 e. The number of nitriles is 1. The molecule has 0 aliphatic rings. The van der Waals surface area contributed by atoms with Crippen LogP contribution in [0.3, 0.4) is 0 Å². The molecule has 0 saturated carbocycles. The number of nitrogens with zero attached hydrogens (tertiary/aromatic N) is 2. The molecule has 1 unspecified atom stereocenters. The molecule has 0 aliphatic heterocycles. The number of anilines is 1. The van der Waals surface area contributed by atoms with Crippen LogP contribution in [0.25, 0.3) is 10.9 Å². The van der Waals surface area contributed by atoms with Crippen molar-refractivity contribution in [2.24, 2.45) is 0 Å². The number of halogens is 1. The second-order valence-corrected chi connectivity index (χ2v) is 6.01. The number of rotatable bonds is 4. The van der Waals surface area contributed by atoms with Crippen molar-refractivity contribution in [1.29, 1.82) is 5.26 Å². The molecule has 5 heteroatoms. The van der Waals surface area contributed by atoms with Crippen LogP contribution >= 0.6 is 11.6 Å². The lowest BCUT2D eigenvalue weighted by atomic mass is 10.0. The molecule has 1 atom stereocenters. The molecule has 0 bridgehead atoms. The minimum Gasteiger partial charge on any atom is -0.387 e. The van der Waals surface area contributed by atoms with Crippen LogP contribution in [-0.2, 0) is 0 Å². The van der Waals surface area contributed by atoms with Gasteiger partial charge in [0.05, 0.1) is 22.9 Å². The van der Waals surface area contributed by atoms with Gasteiger partial charge in [-0.1, -0.05) is 35.9 Å². The summed E-state index contributed by atoms with van der Waals surface area (Å²) < 4.78 is 0. The van der Waals surface area contributed by atoms with Crippen molar-refractivity contribution in [2.75, 3.05) is 11.9 Å². The normalized spacial score (nSPS) is 11.9. The Balaban J connectivity index is 1.93. The van der Waals surface area contributed by atoms with Crippen molar-refractivity contribution in [3.63, 3.8) is 0 Å². The first kappa shape index (κ1) is 16.3. The number of pyridine rings is 1. The lowest BCUT2D eigenvalue weighted by Gasteiger charge is -2.17. The summed E-state index contributed by atoms with van der Waals surface area (Å²) in [5, 5.41) is 24.3. The standard InChI is InChI=1S/C19H16ClN3O/c1-12-4-2-3-5-15(12)18(24)11-23-19-13(9-21)10-22-17-7-6-14(20)8-16(17)19/h2-8,10,18,24H,11H2,1H3,(H,22,23). The molecule has 1 aromatic heterocycles. The van der Waals surface area contributed by atoms with Gasteiger partial charge in [0.25, 0.3) is 0 Å². The lowest BCUT2D eigenvalue weighted by Crippen LogP contribution is -2.14. The van der Waals surface area contributed by atoms with Crippen LogP contribution in [0.2, 0.25) is 5.02 Å². The van der Waals surface area contributed by atoms with Gasteiger partial charge in [0.1, 0.15) is 6.07 Å². The first-order chi connectivity index (χ1) is 11.6. The predicted molar refractivity (Wildman–Crippen MR) is 96.1 cm³/mol. The zero-order chi connectivity index (χ0) is 17.1. The Bertz CT molecular complexity index is 934. The molecule has 24 heavy (non-hydrogen) atoms. The fourth-order valence-electron chi connectivity index (χ4n) is 2.71. The third kappa shape index (κ3) is 3.18. The van der Waals surface area contributed by atoms with Gasteiger partial charge in [-0.25, -0.2) is 0 Å². The van der Waals surface area contributed by atoms with Crippen LogP contribution in [0.15, 0.2) is 48.7 Å². The fraction of sp³-hybridized carbons (Fsp3) is 0.158. The maximum absolute atomic E-state index is 10.5. The molecule has 0 fully saturated rings. The SMILES string of the molecule is Cc1ccccc1C(O)CNc1c(C#N)cnc2ccc(Cl)cc12. The molecular formula is C19H16ClN3O. The average molecular weight is 338 g/mol. The van der Waals surface area contributed by atoms with Gasteiger partial charge in [0, 0.05) is 23.2 Å². The van der Waals surface area contributed by atoms with E-state index in [-0.39, 0.29) is 6.54 Å². The number of aliphatic hydroxyl groups excluding tert-OH is 1. The Morgan fingerprint density at radius 2 is 2.08 bits per heavy atom. The highest BCUT2D eigenvalue weighted by Crippen LogP contribution is 2.29. The second-order valence-electron chi connectivity index (χ2n) is 5.57. The lowest BCUT2D eigenvalue weighted by molar-refractivity contribution is 0.191. The Morgan fingerprint density at radius 3 is 2.83 bits per heavy atom. The van der Waals surface area contributed by atoms with Crippen LogP contribution in [0, 0.1) is 18.3 Å². The monoisotopic (exact) mass is 337 g/mol. The summed E-state index contributed by atoms with van der Waals surface area (Å²) in [6.07, 6.45) is 0.846. The summed E-state index contributed by atoms with van der Waals surface area (Å²) in [5.74, 6) is 0. The van der Waals surface area contributed by atoms with E-state index in [1.54, 1.807) is 12.1 Å². The quantitative estimate of drug-likeness (QED) is 0.748. The van der Waals surface area contributed by atoms with E-state index in [0.29, 0.717) is 16.3 Å². The van der Waals surface area contributed by atoms with E-state index in [9.17, 15) is 10.4 Å². The van der Waals surface area contributed by atoms with E-state index in [0.717, 1.165) is 22.0 Å². The topological polar surface area (TPSA) is 68.9 Å². The third-order valence-electron chi connectivity index (χ3n) is 3.97. The van der Waals surface area contributed by atoms with Crippen molar-refractivity contribution in [3.05, 3.63) is 70.4 Å². The van der Waals surface area contributed by atoms with E-state index in [2.05, 4.69) is 16.4 Å². The summed E-state index contributed by atoms with van der Waals surface area (Å²) in [5.41, 5.74) is 3.68. The summed E-state index contributed by atoms with van der Waals surface area (Å²) in [4.78, 5) is 4.27. The van der Waals surface area contributed by atoms with Gasteiger partial charge in [-0.15, -0.1) is 0 Å². The number of aryl methyl sites for hydroxylation is 1. The van der Waals surface area contributed by atoms with Gasteiger partial charge < -0.3 is 10.4 Å². The summed E-state index contributed by atoms with van der Waals surface area (Å²) in [6.45, 7) is 2.24. The van der Waals surface area contributed by atoms with Gasteiger partial charge in [0.15, 0.2) is 0 Å². The van der Waals surface area contributed by atoms with Crippen LogP contribution in [-0.4, -0.2) is 16.6 Å². The van der Waals surface area contributed by atoms with Gasteiger partial charge in [-0.3, -0.25) is 4.98 Å². The van der Waals surface area contributed by atoms with E-state index in [1.807, 2.05) is 37.3 Å². The summed E-state index contributed by atoms with van der Waals surface area (Å²) in [7, 11) is 0. The maximum Gasteiger partial charge on any atom is 0.103 e. The summed E-state index contributed by atoms with van der Waals surface area (Å²) in [6, 6.07) is 15.2. The molecule has 0 saturated heterocycles. The van der Waals surface area contributed by atoms with Crippen LogP contribution in [0.4, 0.5) is 5.69 Å². The van der Waals surface area contributed by atoms with Gasteiger partial charge >= 0.3 is 0 Å². The van der Waals surface area contributed by atoms with E-state index >= 15 is 0 Å². The number of nitrogens with one attached hydrogen (secondary N) is 1. The van der Waals surface area contributed by atoms with Crippen LogP contribution < -0.4 is 5.32 Å². The number of fused-ring (bicyclic) bond motifs is 1. The Kier molecular flexibility index (Phi) is 4.66. The van der Waals surface area contributed by atoms with Crippen LogP contribution in [0.5, 0.6) is 0 Å². The number of hydrogen-bond acceptors (Lipinski definition) is 4. The van der Waals surface area contributed by atoms with Crippen molar-refractivity contribution >= 4 is 28.2 Å². The average Bonchev–Trinajstić information content (AvgIpc) is 2.59. The Morgan fingerprint density at radius 1 is 1.29 bits per heavy atom. The minimum atomic E-state index is -0.680. The minimum absolute atomic E-state index is 0.283. The second kappa shape index (κ2) is 6.88. The first-order valence-electron chi connectivity index (χ1n) is 7.56. The molecule has 3 aromatic rings. The number of hydrogen-bond donors (Lipinski definition) is 2. The predicted octanol–water partition coefficient (Wildman–Crippen LogP) is 4.21. The van der Waals surface area contributed by atoms with Crippen molar-refractivity contribution in [2.45, 2.75) is 13.0 Å². The Hall–Kier alpha value is -2.61. The van der Waals surface area contributed by atoms with Crippen molar-refractivity contribution in [1.82, 2.24) is 4.98 Å². The number of aromatic nitrogens is 1. The zero-order valence-corrected chi connectivity index (χ0v) is 13.9. The molecular weight excluding hydrogens is 322 g/mol. The number of benzene rings is 2. The summed E-state index contributed by atoms with van der Waals surface area (Å²) >= 11 is 6.08. The molecule has 0 aliphatic carbocycles. The molecule has 0 spiro atoms. The molecule has 2 N–H and O–H groups in total.